The summed E-state index contributed by atoms with van der Waals surface area (Å²) in [5.41, 5.74) is 0. The van der Waals surface area contributed by atoms with Crippen molar-refractivity contribution in [3.05, 3.63) is 27.5 Å². The van der Waals surface area contributed by atoms with Crippen LogP contribution >= 0.6 is 11.3 Å². The third-order valence-electron chi connectivity index (χ3n) is 1.94. The highest BCUT2D eigenvalue weighted by atomic mass is 32.1. The second-order valence-corrected chi connectivity index (χ2v) is 4.63. The number of carboxylic acids is 1. The van der Waals surface area contributed by atoms with Gasteiger partial charge in [-0.05, 0) is 13.0 Å². The molecular weight excluding hydrogens is 244 g/mol. The monoisotopic (exact) mass is 254 g/mol. The lowest BCUT2D eigenvalue weighted by atomic mass is 10.4. The Morgan fingerprint density at radius 3 is 2.94 bits per heavy atom. The Bertz CT molecular complexity index is 546. The molecule has 0 aliphatic rings. The first-order valence-corrected chi connectivity index (χ1v) is 5.63. The molecule has 0 aliphatic heterocycles. The van der Waals surface area contributed by atoms with Crippen LogP contribution in [0.25, 0.3) is 0 Å². The van der Waals surface area contributed by atoms with Gasteiger partial charge in [0, 0.05) is 11.8 Å². The highest BCUT2D eigenvalue weighted by Gasteiger charge is 2.16. The zero-order chi connectivity index (χ0) is 12.4. The molecule has 90 valence electrons. The Labute approximate surface area is 101 Å². The van der Waals surface area contributed by atoms with Gasteiger partial charge < -0.3 is 14.4 Å². The lowest BCUT2D eigenvalue weighted by Gasteiger charge is -2.01. The van der Waals surface area contributed by atoms with Gasteiger partial charge in [0.15, 0.2) is 11.5 Å². The summed E-state index contributed by atoms with van der Waals surface area (Å²) in [6, 6.07) is 1.68. The Hall–Kier alpha value is -1.89. The zero-order valence-corrected chi connectivity index (χ0v) is 10.1. The van der Waals surface area contributed by atoms with Gasteiger partial charge in [-0.25, -0.2) is 4.79 Å². The summed E-state index contributed by atoms with van der Waals surface area (Å²) < 4.78 is 10.1. The Morgan fingerprint density at radius 1 is 1.59 bits per heavy atom. The third-order valence-corrected chi connectivity index (χ3v) is 2.96. The number of aromatic nitrogens is 2. The number of carbonyl (C=O) groups is 1. The minimum atomic E-state index is -0.998. The summed E-state index contributed by atoms with van der Waals surface area (Å²) in [6.07, 6.45) is 0. The molecule has 2 aromatic rings. The summed E-state index contributed by atoms with van der Waals surface area (Å²) in [4.78, 5) is 16.0. The molecule has 17 heavy (non-hydrogen) atoms. The second kappa shape index (κ2) is 4.54. The first-order chi connectivity index (χ1) is 8.06. The molecule has 7 heteroatoms. The summed E-state index contributed by atoms with van der Waals surface area (Å²) >= 11 is 1.17. The fourth-order valence-corrected chi connectivity index (χ4v) is 2.08. The van der Waals surface area contributed by atoms with Gasteiger partial charge in [0.2, 0.25) is 11.7 Å². The van der Waals surface area contributed by atoms with Crippen LogP contribution in [0.15, 0.2) is 10.6 Å². The maximum Gasteiger partial charge on any atom is 0.349 e. The van der Waals surface area contributed by atoms with Gasteiger partial charge in [-0.1, -0.05) is 5.16 Å². The van der Waals surface area contributed by atoms with Crippen LogP contribution in [-0.4, -0.2) is 21.2 Å². The van der Waals surface area contributed by atoms with Crippen molar-refractivity contribution in [2.45, 2.75) is 20.5 Å². The molecule has 0 spiro atoms. The molecule has 0 amide bonds. The van der Waals surface area contributed by atoms with E-state index in [1.54, 1.807) is 13.0 Å². The number of hydrogen-bond acceptors (Lipinski definition) is 6. The molecule has 0 fully saturated rings. The molecule has 0 saturated heterocycles. The third kappa shape index (κ3) is 2.62. The largest absolute Gasteiger partial charge is 0.484 e. The van der Waals surface area contributed by atoms with Crippen molar-refractivity contribution >= 4 is 17.3 Å². The van der Waals surface area contributed by atoms with E-state index in [9.17, 15) is 4.79 Å². The van der Waals surface area contributed by atoms with Crippen LogP contribution in [-0.2, 0) is 6.61 Å². The van der Waals surface area contributed by atoms with Crippen molar-refractivity contribution in [2.24, 2.45) is 0 Å². The molecule has 0 saturated carbocycles. The molecule has 2 rings (SSSR count). The van der Waals surface area contributed by atoms with Crippen LogP contribution < -0.4 is 4.74 Å². The number of aryl methyl sites for hydroxylation is 2. The minimum Gasteiger partial charge on any atom is -0.484 e. The van der Waals surface area contributed by atoms with Crippen LogP contribution in [0.2, 0.25) is 0 Å². The Kier molecular flexibility index (Phi) is 3.10. The molecule has 1 N–H and O–H groups in total. The van der Waals surface area contributed by atoms with Crippen LogP contribution in [0.4, 0.5) is 0 Å². The smallest absolute Gasteiger partial charge is 0.349 e. The second-order valence-electron chi connectivity index (χ2n) is 3.37. The number of hydrogen-bond donors (Lipinski definition) is 1. The van der Waals surface area contributed by atoms with E-state index in [0.29, 0.717) is 17.5 Å². The van der Waals surface area contributed by atoms with Gasteiger partial charge in [0.25, 0.3) is 0 Å². The van der Waals surface area contributed by atoms with Crippen LogP contribution in [0.3, 0.4) is 0 Å². The number of rotatable bonds is 4. The summed E-state index contributed by atoms with van der Waals surface area (Å²) in [7, 11) is 0. The molecule has 0 aliphatic carbocycles. The van der Waals surface area contributed by atoms with Crippen molar-refractivity contribution in [2.75, 3.05) is 0 Å². The number of carboxylic acid groups (broad SMARTS) is 1. The Balaban J connectivity index is 2.11. The first kappa shape index (κ1) is 11.6. The van der Waals surface area contributed by atoms with Crippen LogP contribution in [0, 0.1) is 13.8 Å². The summed E-state index contributed by atoms with van der Waals surface area (Å²) in [5.74, 6) is 0.177. The van der Waals surface area contributed by atoms with Gasteiger partial charge in [0.05, 0.1) is 0 Å². The lowest BCUT2D eigenvalue weighted by molar-refractivity contribution is 0.0697. The predicted molar refractivity (Wildman–Crippen MR) is 59.4 cm³/mol. The van der Waals surface area contributed by atoms with Crippen molar-refractivity contribution in [3.8, 4) is 5.75 Å². The molecule has 0 radical (unpaired) electrons. The van der Waals surface area contributed by atoms with Gasteiger partial charge in [0.1, 0.15) is 5.75 Å². The highest BCUT2D eigenvalue weighted by Crippen LogP contribution is 2.29. The standard InChI is InChI=1S/C10H10N2O4S/c1-5-3-7(9(17-5)10(13)14)15-4-8-11-6(2)16-12-8/h3H,4H2,1-2H3,(H,13,14). The number of aromatic carboxylic acids is 1. The molecular formula is C10H10N2O4S. The normalized spacial score (nSPS) is 10.5. The molecule has 0 aromatic carbocycles. The van der Waals surface area contributed by atoms with E-state index in [1.165, 1.54) is 11.3 Å². The first-order valence-electron chi connectivity index (χ1n) is 4.82. The van der Waals surface area contributed by atoms with Crippen molar-refractivity contribution in [1.29, 1.82) is 0 Å². The number of nitrogens with zero attached hydrogens (tertiary/aromatic N) is 2. The van der Waals surface area contributed by atoms with Crippen LogP contribution in [0.1, 0.15) is 26.3 Å². The van der Waals surface area contributed by atoms with E-state index in [1.807, 2.05) is 6.92 Å². The fraction of sp³-hybridized carbons (Fsp3) is 0.300. The van der Waals surface area contributed by atoms with Crippen LogP contribution in [0.5, 0.6) is 5.75 Å². The number of ether oxygens (including phenoxy) is 1. The average Bonchev–Trinajstić information content (AvgIpc) is 2.82. The van der Waals surface area contributed by atoms with Gasteiger partial charge >= 0.3 is 5.97 Å². The predicted octanol–water partition coefficient (Wildman–Crippen LogP) is 2.03. The molecule has 6 nitrogen and oxygen atoms in total. The van der Waals surface area contributed by atoms with E-state index in [-0.39, 0.29) is 11.5 Å². The van der Waals surface area contributed by atoms with E-state index >= 15 is 0 Å². The minimum absolute atomic E-state index is 0.0911. The van der Waals surface area contributed by atoms with E-state index in [2.05, 4.69) is 10.1 Å². The van der Waals surface area contributed by atoms with E-state index in [4.69, 9.17) is 14.4 Å². The number of thiophene rings is 1. The van der Waals surface area contributed by atoms with Gasteiger partial charge in [-0.3, -0.25) is 0 Å². The SMILES string of the molecule is Cc1nc(COc2cc(C)sc2C(=O)O)no1. The quantitative estimate of drug-likeness (QED) is 0.898. The molecule has 2 heterocycles. The highest BCUT2D eigenvalue weighted by molar-refractivity contribution is 7.14. The average molecular weight is 254 g/mol. The Morgan fingerprint density at radius 2 is 2.35 bits per heavy atom. The fourth-order valence-electron chi connectivity index (χ4n) is 1.29. The van der Waals surface area contributed by atoms with Crippen molar-refractivity contribution < 1.29 is 19.2 Å². The maximum absolute atomic E-state index is 10.9. The topological polar surface area (TPSA) is 85.5 Å². The van der Waals surface area contributed by atoms with Gasteiger partial charge in [-0.2, -0.15) is 4.98 Å². The van der Waals surface area contributed by atoms with Gasteiger partial charge in [-0.15, -0.1) is 11.3 Å². The molecule has 0 atom stereocenters. The van der Waals surface area contributed by atoms with E-state index < -0.39 is 5.97 Å². The summed E-state index contributed by atoms with van der Waals surface area (Å²) in [5, 5.41) is 12.6. The van der Waals surface area contributed by atoms with Crippen molar-refractivity contribution in [1.82, 2.24) is 10.1 Å². The maximum atomic E-state index is 10.9. The molecule has 0 bridgehead atoms. The molecule has 0 unspecified atom stereocenters. The lowest BCUT2D eigenvalue weighted by Crippen LogP contribution is -2.01. The molecule has 2 aromatic heterocycles. The zero-order valence-electron chi connectivity index (χ0n) is 9.26. The van der Waals surface area contributed by atoms with Crippen molar-refractivity contribution in [3.63, 3.8) is 0 Å². The summed E-state index contributed by atoms with van der Waals surface area (Å²) in [6.45, 7) is 3.59. The van der Waals surface area contributed by atoms with E-state index in [0.717, 1.165) is 4.88 Å².